The summed E-state index contributed by atoms with van der Waals surface area (Å²) < 4.78 is 0. The van der Waals surface area contributed by atoms with E-state index in [1.54, 1.807) is 18.6 Å². The van der Waals surface area contributed by atoms with Crippen LogP contribution < -0.4 is 10.6 Å². The average molecular weight is 368 g/mol. The molecule has 1 amide bonds. The number of carbonyl (C=O) groups is 1. The van der Waals surface area contributed by atoms with Crippen molar-refractivity contribution in [2.75, 3.05) is 11.9 Å². The average Bonchev–Trinajstić information content (AvgIpc) is 2.69. The predicted octanol–water partition coefficient (Wildman–Crippen LogP) is 3.11. The second-order valence-corrected chi connectivity index (χ2v) is 6.07. The van der Waals surface area contributed by atoms with E-state index >= 15 is 0 Å². The SMILES string of the molecule is O=C(NCCc1ccc(Cl)cc1)c1cnc(NCc2cccnc2)cn1. The molecule has 0 aliphatic rings. The third-order valence-electron chi connectivity index (χ3n) is 3.69. The Morgan fingerprint density at radius 3 is 2.54 bits per heavy atom. The highest BCUT2D eigenvalue weighted by atomic mass is 35.5. The summed E-state index contributed by atoms with van der Waals surface area (Å²) in [5, 5.41) is 6.68. The standard InChI is InChI=1S/C19H18ClN5O/c20-16-5-3-14(4-6-16)7-9-22-19(26)17-12-25-18(13-23-17)24-11-15-2-1-8-21-10-15/h1-6,8,10,12-13H,7,9,11H2,(H,22,26)(H,24,25). The first-order valence-electron chi connectivity index (χ1n) is 8.18. The number of amides is 1. The molecular formula is C19H18ClN5O. The van der Waals surface area contributed by atoms with Crippen molar-refractivity contribution in [2.45, 2.75) is 13.0 Å². The Hall–Kier alpha value is -2.99. The van der Waals surface area contributed by atoms with Crippen LogP contribution in [0.1, 0.15) is 21.6 Å². The molecule has 3 rings (SSSR count). The number of pyridine rings is 1. The zero-order valence-electron chi connectivity index (χ0n) is 14.0. The second kappa shape index (κ2) is 8.92. The van der Waals surface area contributed by atoms with Crippen molar-refractivity contribution in [1.82, 2.24) is 20.3 Å². The van der Waals surface area contributed by atoms with Crippen molar-refractivity contribution < 1.29 is 4.79 Å². The maximum absolute atomic E-state index is 12.1. The highest BCUT2D eigenvalue weighted by Crippen LogP contribution is 2.09. The lowest BCUT2D eigenvalue weighted by Crippen LogP contribution is -2.26. The Morgan fingerprint density at radius 2 is 1.85 bits per heavy atom. The Morgan fingerprint density at radius 1 is 1.00 bits per heavy atom. The molecule has 0 unspecified atom stereocenters. The quantitative estimate of drug-likeness (QED) is 0.670. The van der Waals surface area contributed by atoms with Gasteiger partial charge in [-0.15, -0.1) is 0 Å². The fourth-order valence-electron chi connectivity index (χ4n) is 2.29. The molecule has 0 bridgehead atoms. The van der Waals surface area contributed by atoms with Crippen LogP contribution in [0.4, 0.5) is 5.82 Å². The van der Waals surface area contributed by atoms with Crippen molar-refractivity contribution >= 4 is 23.3 Å². The smallest absolute Gasteiger partial charge is 0.271 e. The predicted molar refractivity (Wildman–Crippen MR) is 101 cm³/mol. The van der Waals surface area contributed by atoms with Gasteiger partial charge in [-0.2, -0.15) is 0 Å². The molecule has 0 aliphatic carbocycles. The van der Waals surface area contributed by atoms with Gasteiger partial charge < -0.3 is 10.6 Å². The summed E-state index contributed by atoms with van der Waals surface area (Å²) in [6.07, 6.45) is 7.24. The first kappa shape index (κ1) is 17.8. The number of nitrogens with zero attached hydrogens (tertiary/aromatic N) is 3. The van der Waals surface area contributed by atoms with E-state index in [0.29, 0.717) is 23.9 Å². The van der Waals surface area contributed by atoms with Crippen LogP contribution in [-0.4, -0.2) is 27.4 Å². The van der Waals surface area contributed by atoms with Crippen LogP contribution in [0.15, 0.2) is 61.2 Å². The number of rotatable bonds is 7. The number of aromatic nitrogens is 3. The highest BCUT2D eigenvalue weighted by Gasteiger charge is 2.07. The van der Waals surface area contributed by atoms with Crippen molar-refractivity contribution in [3.05, 3.63) is 83.0 Å². The third kappa shape index (κ3) is 5.26. The van der Waals surface area contributed by atoms with E-state index in [0.717, 1.165) is 17.5 Å². The summed E-state index contributed by atoms with van der Waals surface area (Å²) in [5.41, 5.74) is 2.43. The fourth-order valence-corrected chi connectivity index (χ4v) is 2.42. The molecule has 0 radical (unpaired) electrons. The Balaban J connectivity index is 1.46. The fraction of sp³-hybridized carbons (Fsp3) is 0.158. The van der Waals surface area contributed by atoms with Crippen molar-refractivity contribution in [3.8, 4) is 0 Å². The molecule has 0 fully saturated rings. The zero-order chi connectivity index (χ0) is 18.2. The molecule has 6 nitrogen and oxygen atoms in total. The monoisotopic (exact) mass is 367 g/mol. The van der Waals surface area contributed by atoms with E-state index in [9.17, 15) is 4.79 Å². The van der Waals surface area contributed by atoms with Gasteiger partial charge in [-0.1, -0.05) is 29.8 Å². The minimum Gasteiger partial charge on any atom is -0.365 e. The van der Waals surface area contributed by atoms with Crippen LogP contribution in [0.5, 0.6) is 0 Å². The second-order valence-electron chi connectivity index (χ2n) is 5.63. The van der Waals surface area contributed by atoms with Gasteiger partial charge in [0.15, 0.2) is 0 Å². The summed E-state index contributed by atoms with van der Waals surface area (Å²) in [7, 11) is 0. The minimum atomic E-state index is -0.245. The molecule has 0 atom stereocenters. The van der Waals surface area contributed by atoms with E-state index < -0.39 is 0 Å². The molecule has 132 valence electrons. The number of hydrogen-bond acceptors (Lipinski definition) is 5. The van der Waals surface area contributed by atoms with Gasteiger partial charge in [0.25, 0.3) is 5.91 Å². The molecule has 0 spiro atoms. The number of anilines is 1. The van der Waals surface area contributed by atoms with E-state index in [-0.39, 0.29) is 11.6 Å². The number of halogens is 1. The summed E-state index contributed by atoms with van der Waals surface area (Å²) in [5.74, 6) is 0.358. The number of carbonyl (C=O) groups excluding carboxylic acids is 1. The van der Waals surface area contributed by atoms with E-state index in [4.69, 9.17) is 11.6 Å². The van der Waals surface area contributed by atoms with Crippen LogP contribution in [0, 0.1) is 0 Å². The van der Waals surface area contributed by atoms with Gasteiger partial charge in [-0.3, -0.25) is 9.78 Å². The molecule has 0 saturated heterocycles. The first-order chi connectivity index (χ1) is 12.7. The van der Waals surface area contributed by atoms with Gasteiger partial charge >= 0.3 is 0 Å². The van der Waals surface area contributed by atoms with Gasteiger partial charge in [0.1, 0.15) is 11.5 Å². The van der Waals surface area contributed by atoms with Crippen LogP contribution in [0.25, 0.3) is 0 Å². The van der Waals surface area contributed by atoms with E-state index in [2.05, 4.69) is 25.6 Å². The van der Waals surface area contributed by atoms with Crippen LogP contribution in [0.3, 0.4) is 0 Å². The number of hydrogen-bond donors (Lipinski definition) is 2. The molecule has 7 heteroatoms. The highest BCUT2D eigenvalue weighted by molar-refractivity contribution is 6.30. The topological polar surface area (TPSA) is 79.8 Å². The van der Waals surface area contributed by atoms with Gasteiger partial charge in [-0.05, 0) is 35.7 Å². The molecule has 1 aromatic carbocycles. The van der Waals surface area contributed by atoms with Gasteiger partial charge in [0, 0.05) is 30.5 Å². The van der Waals surface area contributed by atoms with Crippen LogP contribution in [-0.2, 0) is 13.0 Å². The molecule has 2 heterocycles. The molecule has 26 heavy (non-hydrogen) atoms. The molecule has 2 N–H and O–H groups in total. The Labute approximate surface area is 156 Å². The number of nitrogens with one attached hydrogen (secondary N) is 2. The maximum Gasteiger partial charge on any atom is 0.271 e. The van der Waals surface area contributed by atoms with Crippen molar-refractivity contribution in [2.24, 2.45) is 0 Å². The zero-order valence-corrected chi connectivity index (χ0v) is 14.8. The normalized spacial score (nSPS) is 10.3. The molecule has 3 aromatic rings. The Bertz CT molecular complexity index is 838. The minimum absolute atomic E-state index is 0.245. The van der Waals surface area contributed by atoms with Gasteiger partial charge in [0.05, 0.1) is 12.4 Å². The van der Waals surface area contributed by atoms with Crippen molar-refractivity contribution in [1.29, 1.82) is 0 Å². The lowest BCUT2D eigenvalue weighted by atomic mass is 10.1. The lowest BCUT2D eigenvalue weighted by Gasteiger charge is -2.07. The van der Waals surface area contributed by atoms with Crippen LogP contribution >= 0.6 is 11.6 Å². The Kier molecular flexibility index (Phi) is 6.11. The van der Waals surface area contributed by atoms with E-state index in [1.807, 2.05) is 36.4 Å². The third-order valence-corrected chi connectivity index (χ3v) is 3.95. The number of benzene rings is 1. The molecule has 2 aromatic heterocycles. The summed E-state index contributed by atoms with van der Waals surface area (Å²) >= 11 is 5.85. The largest absolute Gasteiger partial charge is 0.365 e. The van der Waals surface area contributed by atoms with Crippen LogP contribution in [0.2, 0.25) is 5.02 Å². The summed E-state index contributed by atoms with van der Waals surface area (Å²) in [6, 6.07) is 11.4. The molecule has 0 saturated carbocycles. The van der Waals surface area contributed by atoms with Crippen molar-refractivity contribution in [3.63, 3.8) is 0 Å². The summed E-state index contributed by atoms with van der Waals surface area (Å²) in [4.78, 5) is 24.5. The molecule has 0 aliphatic heterocycles. The van der Waals surface area contributed by atoms with Gasteiger partial charge in [0.2, 0.25) is 0 Å². The lowest BCUT2D eigenvalue weighted by molar-refractivity contribution is 0.0949. The first-order valence-corrected chi connectivity index (χ1v) is 8.56. The van der Waals surface area contributed by atoms with E-state index in [1.165, 1.54) is 6.20 Å². The maximum atomic E-state index is 12.1. The summed E-state index contributed by atoms with van der Waals surface area (Å²) in [6.45, 7) is 1.11. The van der Waals surface area contributed by atoms with Gasteiger partial charge in [-0.25, -0.2) is 9.97 Å². The molecular weight excluding hydrogens is 350 g/mol.